The molecule has 0 spiro atoms. The topological polar surface area (TPSA) is 78.9 Å². The SMILES string of the molecule is CC/C=C\C/C=C\C/C=C\C/C=C\C/C=C\C/C=C\CCCCCCCCCCCCCCCCC(=O)OCC(COC(=O)CCCCCCC/C=C\CCC)OC(=O)CCCCCCCCC/C=C\C/C=C\CCCCCC. The van der Waals surface area contributed by atoms with Gasteiger partial charge in [-0.1, -0.05) is 284 Å². The highest BCUT2D eigenvalue weighted by molar-refractivity contribution is 5.71. The molecule has 0 aromatic carbocycles. The van der Waals surface area contributed by atoms with Gasteiger partial charge in [0.1, 0.15) is 13.2 Å². The van der Waals surface area contributed by atoms with Gasteiger partial charge in [-0.05, 0) is 122 Å². The molecule has 0 N–H and O–H groups in total. The van der Waals surface area contributed by atoms with Gasteiger partial charge in [0.05, 0.1) is 0 Å². The van der Waals surface area contributed by atoms with E-state index in [2.05, 4.69) is 130 Å². The Kier molecular flexibility index (Phi) is 63.3. The van der Waals surface area contributed by atoms with E-state index in [1.807, 2.05) is 0 Å². The molecule has 1 atom stereocenters. The Bertz CT molecular complexity index is 1590. The first-order valence-corrected chi connectivity index (χ1v) is 33.4. The van der Waals surface area contributed by atoms with E-state index in [1.54, 1.807) is 0 Å². The minimum Gasteiger partial charge on any atom is -0.462 e. The first-order chi connectivity index (χ1) is 39.0. The molecular weight excluding hydrogens is 973 g/mol. The third-order valence-electron chi connectivity index (χ3n) is 14.2. The summed E-state index contributed by atoms with van der Waals surface area (Å²) in [7, 11) is 0. The summed E-state index contributed by atoms with van der Waals surface area (Å²) in [5.41, 5.74) is 0. The Morgan fingerprint density at radius 2 is 0.519 bits per heavy atom. The van der Waals surface area contributed by atoms with Crippen molar-refractivity contribution in [3.8, 4) is 0 Å². The Morgan fingerprint density at radius 1 is 0.266 bits per heavy atom. The van der Waals surface area contributed by atoms with Crippen molar-refractivity contribution in [3.63, 3.8) is 0 Å². The fourth-order valence-electron chi connectivity index (χ4n) is 9.24. The number of hydrogen-bond donors (Lipinski definition) is 0. The molecule has 0 rings (SSSR count). The summed E-state index contributed by atoms with van der Waals surface area (Å²) in [6.07, 6.45) is 91.1. The minimum absolute atomic E-state index is 0.0827. The summed E-state index contributed by atoms with van der Waals surface area (Å²) in [5.74, 6) is -0.894. The molecule has 0 fully saturated rings. The average Bonchev–Trinajstić information content (AvgIpc) is 3.45. The normalized spacial score (nSPS) is 12.8. The van der Waals surface area contributed by atoms with Gasteiger partial charge in [0.15, 0.2) is 6.10 Å². The molecule has 0 heterocycles. The Labute approximate surface area is 489 Å². The highest BCUT2D eigenvalue weighted by Gasteiger charge is 2.19. The average molecular weight is 1100 g/mol. The van der Waals surface area contributed by atoms with Crippen LogP contribution in [-0.4, -0.2) is 37.2 Å². The van der Waals surface area contributed by atoms with E-state index < -0.39 is 6.10 Å². The molecule has 0 saturated heterocycles. The minimum atomic E-state index is -0.786. The molecule has 0 aromatic rings. The summed E-state index contributed by atoms with van der Waals surface area (Å²) >= 11 is 0. The largest absolute Gasteiger partial charge is 0.462 e. The Hall–Kier alpha value is -3.93. The third-order valence-corrected chi connectivity index (χ3v) is 14.2. The van der Waals surface area contributed by atoms with Crippen molar-refractivity contribution in [1.82, 2.24) is 0 Å². The maximum absolute atomic E-state index is 12.9. The smallest absolute Gasteiger partial charge is 0.306 e. The zero-order valence-electron chi connectivity index (χ0n) is 51.9. The molecule has 0 aliphatic carbocycles. The van der Waals surface area contributed by atoms with Gasteiger partial charge >= 0.3 is 17.9 Å². The van der Waals surface area contributed by atoms with Crippen LogP contribution in [0.15, 0.2) is 109 Å². The number of rotatable bonds is 60. The maximum Gasteiger partial charge on any atom is 0.306 e. The number of ether oxygens (including phenoxy) is 3. The second-order valence-electron chi connectivity index (χ2n) is 22.0. The predicted molar refractivity (Wildman–Crippen MR) is 343 cm³/mol. The van der Waals surface area contributed by atoms with E-state index in [1.165, 1.54) is 154 Å². The maximum atomic E-state index is 12.9. The fourth-order valence-corrected chi connectivity index (χ4v) is 9.24. The molecule has 0 saturated carbocycles. The van der Waals surface area contributed by atoms with Gasteiger partial charge in [-0.15, -0.1) is 0 Å². The second kappa shape index (κ2) is 66.6. The van der Waals surface area contributed by atoms with E-state index in [-0.39, 0.29) is 31.1 Å². The third kappa shape index (κ3) is 64.8. The van der Waals surface area contributed by atoms with Crippen LogP contribution in [0.4, 0.5) is 0 Å². The summed E-state index contributed by atoms with van der Waals surface area (Å²) in [6.45, 7) is 6.45. The predicted octanol–water partition coefficient (Wildman–Crippen LogP) is 23.0. The van der Waals surface area contributed by atoms with Crippen LogP contribution >= 0.6 is 0 Å². The summed E-state index contributed by atoms with van der Waals surface area (Å²) in [5, 5.41) is 0. The molecule has 6 nitrogen and oxygen atoms in total. The monoisotopic (exact) mass is 1100 g/mol. The van der Waals surface area contributed by atoms with Crippen molar-refractivity contribution in [3.05, 3.63) is 109 Å². The van der Waals surface area contributed by atoms with E-state index in [0.717, 1.165) is 122 Å². The summed E-state index contributed by atoms with van der Waals surface area (Å²) in [4.78, 5) is 38.2. The van der Waals surface area contributed by atoms with Gasteiger partial charge < -0.3 is 14.2 Å². The van der Waals surface area contributed by atoms with Gasteiger partial charge in [0.25, 0.3) is 0 Å². The zero-order chi connectivity index (χ0) is 57.1. The van der Waals surface area contributed by atoms with Crippen LogP contribution in [0.3, 0.4) is 0 Å². The van der Waals surface area contributed by atoms with Crippen molar-refractivity contribution >= 4 is 17.9 Å². The second-order valence-corrected chi connectivity index (χ2v) is 22.0. The lowest BCUT2D eigenvalue weighted by atomic mass is 10.0. The first kappa shape index (κ1) is 75.1. The zero-order valence-corrected chi connectivity index (χ0v) is 51.9. The first-order valence-electron chi connectivity index (χ1n) is 33.4. The highest BCUT2D eigenvalue weighted by Crippen LogP contribution is 2.16. The molecule has 1 unspecified atom stereocenters. The van der Waals surface area contributed by atoms with Crippen LogP contribution in [0.1, 0.15) is 316 Å². The number of carbonyl (C=O) groups is 3. The lowest BCUT2D eigenvalue weighted by Crippen LogP contribution is -2.30. The molecule has 452 valence electrons. The lowest BCUT2D eigenvalue weighted by molar-refractivity contribution is -0.167. The van der Waals surface area contributed by atoms with Crippen molar-refractivity contribution < 1.29 is 28.6 Å². The van der Waals surface area contributed by atoms with Crippen molar-refractivity contribution in [1.29, 1.82) is 0 Å². The van der Waals surface area contributed by atoms with E-state index >= 15 is 0 Å². The van der Waals surface area contributed by atoms with Gasteiger partial charge in [-0.3, -0.25) is 14.4 Å². The number of carbonyl (C=O) groups excluding carboxylic acids is 3. The Morgan fingerprint density at radius 3 is 0.835 bits per heavy atom. The van der Waals surface area contributed by atoms with Gasteiger partial charge in [0, 0.05) is 19.3 Å². The molecule has 0 aromatic heterocycles. The lowest BCUT2D eigenvalue weighted by Gasteiger charge is -2.18. The summed E-state index contributed by atoms with van der Waals surface area (Å²) < 4.78 is 16.9. The van der Waals surface area contributed by atoms with E-state index in [0.29, 0.717) is 19.3 Å². The molecule has 0 aliphatic heterocycles. The van der Waals surface area contributed by atoms with Crippen molar-refractivity contribution in [2.75, 3.05) is 13.2 Å². The molecule has 0 bridgehead atoms. The molecular formula is C73H124O6. The van der Waals surface area contributed by atoms with Crippen LogP contribution in [-0.2, 0) is 28.6 Å². The van der Waals surface area contributed by atoms with E-state index in [4.69, 9.17) is 14.2 Å². The molecule has 79 heavy (non-hydrogen) atoms. The van der Waals surface area contributed by atoms with Crippen molar-refractivity contribution in [2.24, 2.45) is 0 Å². The van der Waals surface area contributed by atoms with Crippen LogP contribution < -0.4 is 0 Å². The van der Waals surface area contributed by atoms with Crippen molar-refractivity contribution in [2.45, 2.75) is 322 Å². The number of hydrogen-bond acceptors (Lipinski definition) is 6. The van der Waals surface area contributed by atoms with Crippen LogP contribution in [0.5, 0.6) is 0 Å². The molecule has 0 amide bonds. The van der Waals surface area contributed by atoms with Gasteiger partial charge in [0.2, 0.25) is 0 Å². The number of unbranched alkanes of at least 4 members (excludes halogenated alkanes) is 31. The molecule has 6 heteroatoms. The van der Waals surface area contributed by atoms with Gasteiger partial charge in [-0.2, -0.15) is 0 Å². The van der Waals surface area contributed by atoms with Crippen LogP contribution in [0.25, 0.3) is 0 Å². The highest BCUT2D eigenvalue weighted by atomic mass is 16.6. The Balaban J connectivity index is 4.16. The van der Waals surface area contributed by atoms with Gasteiger partial charge in [-0.25, -0.2) is 0 Å². The fraction of sp³-hybridized carbons (Fsp3) is 0.712. The van der Waals surface area contributed by atoms with Crippen LogP contribution in [0, 0.1) is 0 Å². The summed E-state index contributed by atoms with van der Waals surface area (Å²) in [6, 6.07) is 0. The number of allylic oxidation sites excluding steroid dienone is 18. The standard InChI is InChI=1S/C73H124O6/c1-4-7-10-13-16-19-22-24-26-28-30-31-32-33-34-35-36-37-38-39-40-41-42-43-44-46-47-49-51-54-57-60-63-66-72(75)78-69-70(68-77-71(74)65-62-59-56-53-21-18-15-12-9-6-3)79-73(76)67-64-61-58-55-52-50-48-45-29-27-25-23-20-17-14-11-8-5-2/h7,10,12,15-16,19-20,23-24,26-27,29-31,33-34,36-37,70H,4-6,8-9,11,13-14,17-18,21-22,25,28,32,35,38-69H2,1-3H3/b10-7-,15-12-,19-16-,23-20-,26-24-,29-27-,31-30-,34-33-,37-36-. The number of esters is 3. The molecule has 0 aliphatic rings. The van der Waals surface area contributed by atoms with Crippen LogP contribution in [0.2, 0.25) is 0 Å². The quantitative estimate of drug-likeness (QED) is 0.0261. The van der Waals surface area contributed by atoms with E-state index in [9.17, 15) is 14.4 Å². The molecule has 0 radical (unpaired) electrons.